The number of aromatic nitrogens is 2. The lowest BCUT2D eigenvalue weighted by atomic mass is 10.0. The Morgan fingerprint density at radius 1 is 1.02 bits per heavy atom. The van der Waals surface area contributed by atoms with Crippen molar-refractivity contribution in [1.82, 2.24) is 19.0 Å². The molecule has 11 heteroatoms. The van der Waals surface area contributed by atoms with Crippen LogP contribution < -0.4 is 4.74 Å². The summed E-state index contributed by atoms with van der Waals surface area (Å²) in [5.74, 6) is 0.475. The normalized spacial score (nSPS) is 18.1. The molecule has 0 N–H and O–H groups in total. The summed E-state index contributed by atoms with van der Waals surface area (Å²) in [7, 11) is -1.91. The zero-order valence-corrected chi connectivity index (χ0v) is 23.1. The maximum Gasteiger partial charge on any atom is 0.269 e. The SMILES string of the molecule is CN1CC(c2cnc3c(c2)c(-c2ccc(OC4COC4)c(C#N)c2)cn3S(=O)(=O)c2ccccc2)=CN1C1COC1. The number of rotatable bonds is 7. The number of hydrogen-bond donors (Lipinski definition) is 0. The van der Waals surface area contributed by atoms with Crippen molar-refractivity contribution < 1.29 is 22.6 Å². The molecule has 3 aliphatic rings. The first-order chi connectivity index (χ1) is 19.9. The smallest absolute Gasteiger partial charge is 0.269 e. The molecule has 0 radical (unpaired) electrons. The summed E-state index contributed by atoms with van der Waals surface area (Å²) in [6.45, 7) is 3.04. The molecule has 0 saturated carbocycles. The molecule has 2 fully saturated rings. The Morgan fingerprint density at radius 2 is 1.80 bits per heavy atom. The fourth-order valence-corrected chi connectivity index (χ4v) is 6.62. The molecule has 2 aromatic heterocycles. The van der Waals surface area contributed by atoms with Crippen molar-refractivity contribution in [1.29, 1.82) is 5.26 Å². The highest BCUT2D eigenvalue weighted by Crippen LogP contribution is 2.37. The quantitative estimate of drug-likeness (QED) is 0.330. The van der Waals surface area contributed by atoms with Crippen LogP contribution in [0.5, 0.6) is 5.75 Å². The molecule has 0 aliphatic carbocycles. The zero-order valence-electron chi connectivity index (χ0n) is 22.3. The van der Waals surface area contributed by atoms with E-state index in [9.17, 15) is 13.7 Å². The van der Waals surface area contributed by atoms with Gasteiger partial charge in [-0.1, -0.05) is 24.3 Å². The molecule has 3 aliphatic heterocycles. The minimum absolute atomic E-state index is 0.0819. The molecule has 208 valence electrons. The molecular weight excluding hydrogens is 542 g/mol. The maximum absolute atomic E-state index is 13.8. The number of likely N-dealkylation sites (N-methyl/N-ethyl adjacent to an activating group) is 1. The van der Waals surface area contributed by atoms with Crippen molar-refractivity contribution in [2.75, 3.05) is 40.0 Å². The van der Waals surface area contributed by atoms with E-state index in [1.165, 1.54) is 3.97 Å². The fraction of sp³-hybridized carbons (Fsp3) is 0.267. The van der Waals surface area contributed by atoms with Crippen LogP contribution in [-0.2, 0) is 19.5 Å². The number of nitriles is 1. The van der Waals surface area contributed by atoms with Crippen LogP contribution in [0.1, 0.15) is 11.1 Å². The lowest BCUT2D eigenvalue weighted by molar-refractivity contribution is -0.107. The van der Waals surface area contributed by atoms with Gasteiger partial charge < -0.3 is 19.2 Å². The van der Waals surface area contributed by atoms with Crippen molar-refractivity contribution in [2.45, 2.75) is 17.0 Å². The largest absolute Gasteiger partial charge is 0.484 e. The van der Waals surface area contributed by atoms with Crippen LogP contribution in [0, 0.1) is 11.3 Å². The molecule has 41 heavy (non-hydrogen) atoms. The third kappa shape index (κ3) is 4.45. The summed E-state index contributed by atoms with van der Waals surface area (Å²) in [6.07, 6.45) is 5.34. The van der Waals surface area contributed by atoms with Crippen LogP contribution in [0.3, 0.4) is 0 Å². The lowest BCUT2D eigenvalue weighted by Crippen LogP contribution is -2.50. The van der Waals surface area contributed by atoms with Crippen LogP contribution in [0.25, 0.3) is 27.7 Å². The molecule has 2 saturated heterocycles. The monoisotopic (exact) mass is 569 g/mol. The zero-order chi connectivity index (χ0) is 28.1. The van der Waals surface area contributed by atoms with Crippen molar-refractivity contribution in [2.24, 2.45) is 0 Å². The van der Waals surface area contributed by atoms with Crippen molar-refractivity contribution in [3.8, 4) is 22.9 Å². The van der Waals surface area contributed by atoms with Gasteiger partial charge in [0.1, 0.15) is 17.9 Å². The van der Waals surface area contributed by atoms with E-state index in [2.05, 4.69) is 27.3 Å². The second-order valence-corrected chi connectivity index (χ2v) is 12.2. The van der Waals surface area contributed by atoms with Crippen molar-refractivity contribution in [3.05, 3.63) is 84.3 Å². The minimum atomic E-state index is -3.94. The van der Waals surface area contributed by atoms with Crippen molar-refractivity contribution in [3.63, 3.8) is 0 Å². The highest BCUT2D eigenvalue weighted by atomic mass is 32.2. The second-order valence-electron chi connectivity index (χ2n) is 10.4. The summed E-state index contributed by atoms with van der Waals surface area (Å²) < 4.78 is 45.3. The number of hydrogen-bond acceptors (Lipinski definition) is 9. The van der Waals surface area contributed by atoms with E-state index >= 15 is 0 Å². The van der Waals surface area contributed by atoms with Gasteiger partial charge in [0, 0.05) is 43.1 Å². The number of pyridine rings is 1. The van der Waals surface area contributed by atoms with Gasteiger partial charge in [0.25, 0.3) is 10.0 Å². The fourth-order valence-electron chi connectivity index (χ4n) is 5.28. The third-order valence-electron chi connectivity index (χ3n) is 7.67. The number of nitrogens with zero attached hydrogens (tertiary/aromatic N) is 5. The average molecular weight is 570 g/mol. The second kappa shape index (κ2) is 10.0. The van der Waals surface area contributed by atoms with Crippen LogP contribution in [0.2, 0.25) is 0 Å². The summed E-state index contributed by atoms with van der Waals surface area (Å²) in [5.41, 5.74) is 3.99. The van der Waals surface area contributed by atoms with Gasteiger partial charge in [-0.25, -0.2) is 22.4 Å². The van der Waals surface area contributed by atoms with Gasteiger partial charge >= 0.3 is 0 Å². The molecule has 0 amide bonds. The first-order valence-electron chi connectivity index (χ1n) is 13.3. The first kappa shape index (κ1) is 25.7. The molecule has 0 spiro atoms. The van der Waals surface area contributed by atoms with Gasteiger partial charge in [0.05, 0.1) is 42.9 Å². The van der Waals surface area contributed by atoms with Gasteiger partial charge in [-0.15, -0.1) is 0 Å². The maximum atomic E-state index is 13.8. The lowest BCUT2D eigenvalue weighted by Gasteiger charge is -2.38. The summed E-state index contributed by atoms with van der Waals surface area (Å²) in [5, 5.41) is 14.9. The number of benzene rings is 2. The molecule has 2 aromatic carbocycles. The van der Waals surface area contributed by atoms with Crippen molar-refractivity contribution >= 4 is 26.6 Å². The standard InChI is InChI=1S/C30H27N5O5S/c1-33-13-23(14-34(33)24-16-38-17-24)22-10-27-28(20-7-8-29(21(9-20)11-31)40-25-18-39-19-25)15-35(30(27)32-12-22)41(36,37)26-5-3-2-4-6-26/h2-10,12,14-15,24-25H,13,16-19H2,1H3. The van der Waals surface area contributed by atoms with E-state index < -0.39 is 10.0 Å². The Hall–Kier alpha value is -4.21. The van der Waals surface area contributed by atoms with Gasteiger partial charge in [-0.3, -0.25) is 0 Å². The highest BCUT2D eigenvalue weighted by Gasteiger charge is 2.32. The van der Waals surface area contributed by atoms with Crippen LogP contribution in [0.15, 0.2) is 78.1 Å². The van der Waals surface area contributed by atoms with Gasteiger partial charge in [0.15, 0.2) is 5.65 Å². The van der Waals surface area contributed by atoms with Gasteiger partial charge in [0.2, 0.25) is 0 Å². The van der Waals surface area contributed by atoms with Gasteiger partial charge in [-0.2, -0.15) is 5.26 Å². The van der Waals surface area contributed by atoms with E-state index in [-0.39, 0.29) is 11.0 Å². The molecular formula is C30H27N5O5S. The van der Waals surface area contributed by atoms with Crippen LogP contribution in [-0.4, -0.2) is 79.6 Å². The number of fused-ring (bicyclic) bond motifs is 1. The average Bonchev–Trinajstić information content (AvgIpc) is 3.51. The Balaban J connectivity index is 1.36. The molecule has 5 heterocycles. The predicted octanol–water partition coefficient (Wildman–Crippen LogP) is 3.49. The first-order valence-corrected chi connectivity index (χ1v) is 14.8. The Morgan fingerprint density at radius 3 is 2.49 bits per heavy atom. The van der Waals surface area contributed by atoms with E-state index in [0.29, 0.717) is 72.5 Å². The highest BCUT2D eigenvalue weighted by molar-refractivity contribution is 7.90. The summed E-state index contributed by atoms with van der Waals surface area (Å²) >= 11 is 0. The topological polar surface area (TPSA) is 110 Å². The van der Waals surface area contributed by atoms with E-state index in [4.69, 9.17) is 14.2 Å². The predicted molar refractivity (Wildman–Crippen MR) is 151 cm³/mol. The Kier molecular flexibility index (Phi) is 6.28. The Labute approximate surface area is 237 Å². The summed E-state index contributed by atoms with van der Waals surface area (Å²) in [4.78, 5) is 4.85. The molecule has 7 rings (SSSR count). The molecule has 10 nitrogen and oxygen atoms in total. The van der Waals surface area contributed by atoms with Crippen LogP contribution in [0.4, 0.5) is 0 Å². The van der Waals surface area contributed by atoms with E-state index in [1.54, 1.807) is 54.9 Å². The molecule has 0 bridgehead atoms. The number of hydrazine groups is 1. The summed E-state index contributed by atoms with van der Waals surface area (Å²) in [6, 6.07) is 18.1. The Bertz CT molecular complexity index is 1820. The van der Waals surface area contributed by atoms with E-state index in [1.807, 2.05) is 19.2 Å². The van der Waals surface area contributed by atoms with Crippen LogP contribution >= 0.6 is 0 Å². The molecule has 4 aromatic rings. The van der Waals surface area contributed by atoms with Gasteiger partial charge in [-0.05, 0) is 47.0 Å². The minimum Gasteiger partial charge on any atom is -0.484 e. The van der Waals surface area contributed by atoms with E-state index in [0.717, 1.165) is 11.1 Å². The molecule has 0 atom stereocenters. The third-order valence-corrected chi connectivity index (χ3v) is 9.34. The number of ether oxygens (including phenoxy) is 3. The molecule has 0 unspecified atom stereocenters.